The fraction of sp³-hybridized carbons (Fsp3) is 0.273. The molecule has 0 spiro atoms. The van der Waals surface area contributed by atoms with Gasteiger partial charge in [-0.1, -0.05) is 0 Å². The third-order valence-corrected chi connectivity index (χ3v) is 1.84. The highest BCUT2D eigenvalue weighted by Crippen LogP contribution is 2.08. The van der Waals surface area contributed by atoms with E-state index in [4.69, 9.17) is 11.5 Å². The minimum Gasteiger partial charge on any atom is -0.370 e. The summed E-state index contributed by atoms with van der Waals surface area (Å²) < 4.78 is 0. The van der Waals surface area contributed by atoms with Gasteiger partial charge in [-0.05, 0) is 38.1 Å². The zero-order chi connectivity index (χ0) is 12.1. The van der Waals surface area contributed by atoms with Gasteiger partial charge in [0.2, 0.25) is 5.91 Å². The zero-order valence-corrected chi connectivity index (χ0v) is 9.40. The number of carbonyl (C=O) groups excluding carboxylic acids is 1. The number of primary amides is 1. The predicted octanol–water partition coefficient (Wildman–Crippen LogP) is 0.920. The van der Waals surface area contributed by atoms with Gasteiger partial charge in [-0.25, -0.2) is 0 Å². The molecule has 5 nitrogen and oxygen atoms in total. The summed E-state index contributed by atoms with van der Waals surface area (Å²) in [5.74, 6) is -0.0998. The number of rotatable bonds is 3. The van der Waals surface area contributed by atoms with Crippen LogP contribution in [0.2, 0.25) is 0 Å². The monoisotopic (exact) mass is 220 g/mol. The van der Waals surface area contributed by atoms with Gasteiger partial charge in [0.1, 0.15) is 0 Å². The SMILES string of the molecule is CC(C)N=C(N)Nc1ccc(C(N)=O)cc1. The van der Waals surface area contributed by atoms with Gasteiger partial charge in [-0.3, -0.25) is 9.79 Å². The van der Waals surface area contributed by atoms with Crippen LogP contribution in [0.15, 0.2) is 29.3 Å². The van der Waals surface area contributed by atoms with Crippen molar-refractivity contribution in [1.29, 1.82) is 0 Å². The molecular formula is C11H16N4O. The van der Waals surface area contributed by atoms with Gasteiger partial charge < -0.3 is 16.8 Å². The number of guanidine groups is 1. The lowest BCUT2D eigenvalue weighted by Crippen LogP contribution is -2.24. The highest BCUT2D eigenvalue weighted by atomic mass is 16.1. The molecule has 0 radical (unpaired) electrons. The number of carbonyl (C=O) groups is 1. The summed E-state index contributed by atoms with van der Waals surface area (Å²) in [4.78, 5) is 15.0. The molecule has 0 aliphatic carbocycles. The first kappa shape index (κ1) is 12.0. The van der Waals surface area contributed by atoms with Crippen molar-refractivity contribution in [2.24, 2.45) is 16.5 Å². The summed E-state index contributed by atoms with van der Waals surface area (Å²) in [6.45, 7) is 3.87. The van der Waals surface area contributed by atoms with Gasteiger partial charge >= 0.3 is 0 Å². The third-order valence-electron chi connectivity index (χ3n) is 1.84. The number of nitrogens with one attached hydrogen (secondary N) is 1. The molecule has 1 aromatic rings. The van der Waals surface area contributed by atoms with E-state index in [-0.39, 0.29) is 6.04 Å². The number of hydrogen-bond acceptors (Lipinski definition) is 2. The third kappa shape index (κ3) is 3.61. The summed E-state index contributed by atoms with van der Waals surface area (Å²) in [5.41, 5.74) is 12.0. The van der Waals surface area contributed by atoms with Crippen LogP contribution in [-0.4, -0.2) is 17.9 Å². The van der Waals surface area contributed by atoms with Crippen molar-refractivity contribution in [2.75, 3.05) is 5.32 Å². The zero-order valence-electron chi connectivity index (χ0n) is 9.40. The highest BCUT2D eigenvalue weighted by Gasteiger charge is 2.00. The second-order valence-corrected chi connectivity index (χ2v) is 3.67. The maximum Gasteiger partial charge on any atom is 0.248 e. The van der Waals surface area contributed by atoms with Crippen LogP contribution in [0.1, 0.15) is 24.2 Å². The predicted molar refractivity (Wildman–Crippen MR) is 65.3 cm³/mol. The lowest BCUT2D eigenvalue weighted by Gasteiger charge is -2.07. The standard InChI is InChI=1S/C11H16N4O/c1-7(2)14-11(13)15-9-5-3-8(4-6-9)10(12)16/h3-7H,1-2H3,(H2,12,16)(H3,13,14,15). The number of anilines is 1. The van der Waals surface area contributed by atoms with E-state index in [0.717, 1.165) is 5.69 Å². The average molecular weight is 220 g/mol. The van der Waals surface area contributed by atoms with E-state index in [9.17, 15) is 4.79 Å². The van der Waals surface area contributed by atoms with Crippen LogP contribution in [-0.2, 0) is 0 Å². The molecule has 16 heavy (non-hydrogen) atoms. The highest BCUT2D eigenvalue weighted by molar-refractivity contribution is 5.95. The Balaban J connectivity index is 2.72. The summed E-state index contributed by atoms with van der Waals surface area (Å²) >= 11 is 0. The molecular weight excluding hydrogens is 204 g/mol. The van der Waals surface area contributed by atoms with E-state index in [0.29, 0.717) is 11.5 Å². The molecule has 0 aliphatic rings. The van der Waals surface area contributed by atoms with Gasteiger partial charge in [0, 0.05) is 17.3 Å². The van der Waals surface area contributed by atoms with Gasteiger partial charge in [0.05, 0.1) is 0 Å². The molecule has 5 N–H and O–H groups in total. The first-order chi connectivity index (χ1) is 7.49. The lowest BCUT2D eigenvalue weighted by molar-refractivity contribution is 0.100. The molecule has 1 amide bonds. The van der Waals surface area contributed by atoms with Crippen molar-refractivity contribution in [3.8, 4) is 0 Å². The van der Waals surface area contributed by atoms with Crippen LogP contribution in [0, 0.1) is 0 Å². The minimum atomic E-state index is -0.449. The van der Waals surface area contributed by atoms with Crippen LogP contribution in [0.4, 0.5) is 5.69 Å². The Hall–Kier alpha value is -2.04. The quantitative estimate of drug-likeness (QED) is 0.522. The first-order valence-corrected chi connectivity index (χ1v) is 4.99. The number of amides is 1. The molecule has 5 heteroatoms. The Morgan fingerprint density at radius 3 is 2.25 bits per heavy atom. The molecule has 0 heterocycles. The number of nitrogens with two attached hydrogens (primary N) is 2. The molecule has 0 fully saturated rings. The van der Waals surface area contributed by atoms with E-state index < -0.39 is 5.91 Å². The normalized spacial score (nSPS) is 11.6. The second kappa shape index (κ2) is 5.16. The smallest absolute Gasteiger partial charge is 0.248 e. The average Bonchev–Trinajstić information content (AvgIpc) is 2.16. The van der Waals surface area contributed by atoms with E-state index in [2.05, 4.69) is 10.3 Å². The second-order valence-electron chi connectivity index (χ2n) is 3.67. The van der Waals surface area contributed by atoms with Crippen LogP contribution in [0.5, 0.6) is 0 Å². The minimum absolute atomic E-state index is 0.136. The Morgan fingerprint density at radius 2 is 1.81 bits per heavy atom. The van der Waals surface area contributed by atoms with Crippen molar-refractivity contribution in [3.63, 3.8) is 0 Å². The van der Waals surface area contributed by atoms with E-state index >= 15 is 0 Å². The van der Waals surface area contributed by atoms with Gasteiger partial charge in [-0.2, -0.15) is 0 Å². The molecule has 1 rings (SSSR count). The number of nitrogens with zero attached hydrogens (tertiary/aromatic N) is 1. The lowest BCUT2D eigenvalue weighted by atomic mass is 10.2. The molecule has 0 aromatic heterocycles. The van der Waals surface area contributed by atoms with Crippen molar-refractivity contribution in [3.05, 3.63) is 29.8 Å². The molecule has 0 atom stereocenters. The first-order valence-electron chi connectivity index (χ1n) is 4.99. The van der Waals surface area contributed by atoms with Crippen LogP contribution >= 0.6 is 0 Å². The number of benzene rings is 1. The Morgan fingerprint density at radius 1 is 1.25 bits per heavy atom. The molecule has 0 bridgehead atoms. The topological polar surface area (TPSA) is 93.5 Å². The molecule has 0 saturated carbocycles. The summed E-state index contributed by atoms with van der Waals surface area (Å²) in [7, 11) is 0. The van der Waals surface area contributed by atoms with Gasteiger partial charge in [0.15, 0.2) is 5.96 Å². The van der Waals surface area contributed by atoms with Crippen LogP contribution < -0.4 is 16.8 Å². The fourth-order valence-corrected chi connectivity index (χ4v) is 1.18. The van der Waals surface area contributed by atoms with Crippen molar-refractivity contribution in [1.82, 2.24) is 0 Å². The van der Waals surface area contributed by atoms with E-state index in [1.165, 1.54) is 0 Å². The molecule has 1 aromatic carbocycles. The van der Waals surface area contributed by atoms with Crippen molar-refractivity contribution >= 4 is 17.6 Å². The maximum absolute atomic E-state index is 10.8. The van der Waals surface area contributed by atoms with E-state index in [1.54, 1.807) is 24.3 Å². The Labute approximate surface area is 94.5 Å². The van der Waals surface area contributed by atoms with Crippen LogP contribution in [0.3, 0.4) is 0 Å². The van der Waals surface area contributed by atoms with Crippen molar-refractivity contribution in [2.45, 2.75) is 19.9 Å². The van der Waals surface area contributed by atoms with Crippen molar-refractivity contribution < 1.29 is 4.79 Å². The molecule has 0 unspecified atom stereocenters. The molecule has 0 aliphatic heterocycles. The van der Waals surface area contributed by atoms with Gasteiger partial charge in [-0.15, -0.1) is 0 Å². The Kier molecular flexibility index (Phi) is 3.88. The summed E-state index contributed by atoms with van der Waals surface area (Å²) in [6.07, 6.45) is 0. The Bertz CT molecular complexity index is 395. The molecule has 0 saturated heterocycles. The molecule has 86 valence electrons. The van der Waals surface area contributed by atoms with E-state index in [1.807, 2.05) is 13.8 Å². The summed E-state index contributed by atoms with van der Waals surface area (Å²) in [6, 6.07) is 6.85. The number of hydrogen-bond donors (Lipinski definition) is 3. The number of aliphatic imine (C=N–C) groups is 1. The van der Waals surface area contributed by atoms with Crippen LogP contribution in [0.25, 0.3) is 0 Å². The summed E-state index contributed by atoms with van der Waals surface area (Å²) in [5, 5.41) is 2.92. The fourth-order valence-electron chi connectivity index (χ4n) is 1.18. The largest absolute Gasteiger partial charge is 0.370 e. The van der Waals surface area contributed by atoms with Gasteiger partial charge in [0.25, 0.3) is 0 Å². The maximum atomic E-state index is 10.8.